The van der Waals surface area contributed by atoms with Crippen LogP contribution in [0.5, 0.6) is 17.2 Å². The molecule has 0 aliphatic heterocycles. The standard InChI is InChI=1S/C25H26O4/c1-16-11-12-21(28-5)25(29-15-19-9-7-6-8-10-19)23(16)24(26)22-17(2)13-20(27-4)14-18(22)3/h6-14H,15H2,1-5H3. The van der Waals surface area contributed by atoms with Crippen molar-refractivity contribution >= 4 is 5.78 Å². The molecule has 4 nitrogen and oxygen atoms in total. The molecule has 0 saturated heterocycles. The van der Waals surface area contributed by atoms with E-state index in [1.807, 2.05) is 75.4 Å². The van der Waals surface area contributed by atoms with E-state index >= 15 is 0 Å². The third kappa shape index (κ3) is 4.27. The topological polar surface area (TPSA) is 44.8 Å². The summed E-state index contributed by atoms with van der Waals surface area (Å²) in [4.78, 5) is 13.6. The van der Waals surface area contributed by atoms with Gasteiger partial charge in [0.25, 0.3) is 0 Å². The summed E-state index contributed by atoms with van der Waals surface area (Å²) in [7, 11) is 3.20. The first-order chi connectivity index (χ1) is 14.0. The summed E-state index contributed by atoms with van der Waals surface area (Å²) >= 11 is 0. The molecule has 0 aliphatic rings. The molecule has 150 valence electrons. The first kappa shape index (κ1) is 20.5. The Balaban J connectivity index is 2.08. The molecule has 0 aliphatic carbocycles. The van der Waals surface area contributed by atoms with Gasteiger partial charge in [0.1, 0.15) is 12.4 Å². The quantitative estimate of drug-likeness (QED) is 0.504. The number of carbonyl (C=O) groups is 1. The zero-order valence-corrected chi connectivity index (χ0v) is 17.5. The summed E-state index contributed by atoms with van der Waals surface area (Å²) in [6.45, 7) is 6.10. The van der Waals surface area contributed by atoms with E-state index in [0.29, 0.717) is 29.2 Å². The highest BCUT2D eigenvalue weighted by Crippen LogP contribution is 2.37. The Labute approximate surface area is 172 Å². The molecule has 3 rings (SSSR count). The molecule has 3 aromatic carbocycles. The van der Waals surface area contributed by atoms with E-state index in [2.05, 4.69) is 0 Å². The molecule has 0 bridgehead atoms. The number of hydrogen-bond donors (Lipinski definition) is 0. The van der Waals surface area contributed by atoms with E-state index in [-0.39, 0.29) is 5.78 Å². The molecule has 0 radical (unpaired) electrons. The highest BCUT2D eigenvalue weighted by Gasteiger charge is 2.24. The largest absolute Gasteiger partial charge is 0.497 e. The lowest BCUT2D eigenvalue weighted by molar-refractivity contribution is 0.103. The maximum atomic E-state index is 13.6. The maximum Gasteiger partial charge on any atom is 0.197 e. The van der Waals surface area contributed by atoms with Crippen molar-refractivity contribution in [2.45, 2.75) is 27.4 Å². The van der Waals surface area contributed by atoms with Gasteiger partial charge in [-0.05, 0) is 61.2 Å². The molecule has 29 heavy (non-hydrogen) atoms. The molecule has 4 heteroatoms. The number of ketones is 1. The van der Waals surface area contributed by atoms with E-state index in [1.54, 1.807) is 14.2 Å². The highest BCUT2D eigenvalue weighted by atomic mass is 16.5. The molecule has 0 heterocycles. The van der Waals surface area contributed by atoms with Gasteiger partial charge < -0.3 is 14.2 Å². The lowest BCUT2D eigenvalue weighted by atomic mass is 9.91. The first-order valence-electron chi connectivity index (χ1n) is 9.50. The van der Waals surface area contributed by atoms with Crippen molar-refractivity contribution in [2.75, 3.05) is 14.2 Å². The molecular formula is C25H26O4. The molecule has 0 atom stereocenters. The van der Waals surface area contributed by atoms with Crippen LogP contribution in [0.3, 0.4) is 0 Å². The second-order valence-corrected chi connectivity index (χ2v) is 7.03. The number of methoxy groups -OCH3 is 2. The number of carbonyl (C=O) groups excluding carboxylic acids is 1. The number of benzene rings is 3. The number of rotatable bonds is 7. The van der Waals surface area contributed by atoms with E-state index in [1.165, 1.54) is 0 Å². The fourth-order valence-corrected chi connectivity index (χ4v) is 3.50. The van der Waals surface area contributed by atoms with Crippen molar-refractivity contribution in [3.05, 3.63) is 88.0 Å². The molecule has 0 saturated carbocycles. The number of aryl methyl sites for hydroxylation is 3. The van der Waals surface area contributed by atoms with Crippen LogP contribution < -0.4 is 14.2 Å². The van der Waals surface area contributed by atoms with Crippen LogP contribution in [0, 0.1) is 20.8 Å². The lowest BCUT2D eigenvalue weighted by Gasteiger charge is -2.18. The van der Waals surface area contributed by atoms with Gasteiger partial charge in [-0.1, -0.05) is 36.4 Å². The van der Waals surface area contributed by atoms with E-state index < -0.39 is 0 Å². The van der Waals surface area contributed by atoms with E-state index in [4.69, 9.17) is 14.2 Å². The second kappa shape index (κ2) is 8.82. The van der Waals surface area contributed by atoms with Crippen molar-refractivity contribution in [2.24, 2.45) is 0 Å². The first-order valence-corrected chi connectivity index (χ1v) is 9.50. The highest BCUT2D eigenvalue weighted by molar-refractivity contribution is 6.13. The van der Waals surface area contributed by atoms with Gasteiger partial charge in [0.15, 0.2) is 17.3 Å². The average Bonchev–Trinajstić information content (AvgIpc) is 2.72. The molecule has 0 spiro atoms. The smallest absolute Gasteiger partial charge is 0.197 e. The maximum absolute atomic E-state index is 13.6. The van der Waals surface area contributed by atoms with Gasteiger partial charge in [-0.2, -0.15) is 0 Å². The fraction of sp³-hybridized carbons (Fsp3) is 0.240. The van der Waals surface area contributed by atoms with Gasteiger partial charge in [-0.15, -0.1) is 0 Å². The van der Waals surface area contributed by atoms with Crippen LogP contribution in [-0.4, -0.2) is 20.0 Å². The molecule has 0 aromatic heterocycles. The van der Waals surface area contributed by atoms with Crippen molar-refractivity contribution in [3.8, 4) is 17.2 Å². The van der Waals surface area contributed by atoms with Gasteiger partial charge in [-0.25, -0.2) is 0 Å². The van der Waals surface area contributed by atoms with Crippen LogP contribution in [0.1, 0.15) is 38.2 Å². The van der Waals surface area contributed by atoms with E-state index in [9.17, 15) is 4.79 Å². The molecule has 0 unspecified atom stereocenters. The Bertz CT molecular complexity index is 999. The SMILES string of the molecule is COc1cc(C)c(C(=O)c2c(C)ccc(OC)c2OCc2ccccc2)c(C)c1. The molecule has 3 aromatic rings. The molecule has 0 N–H and O–H groups in total. The lowest BCUT2D eigenvalue weighted by Crippen LogP contribution is -2.12. The van der Waals surface area contributed by atoms with Crippen LogP contribution in [0.25, 0.3) is 0 Å². The third-order valence-electron chi connectivity index (χ3n) is 4.97. The average molecular weight is 390 g/mol. The summed E-state index contributed by atoms with van der Waals surface area (Å²) < 4.78 is 17.0. The fourth-order valence-electron chi connectivity index (χ4n) is 3.50. The Morgan fingerprint density at radius 1 is 0.793 bits per heavy atom. The molecule has 0 amide bonds. The van der Waals surface area contributed by atoms with Gasteiger partial charge in [0, 0.05) is 5.56 Å². The Kier molecular flexibility index (Phi) is 6.23. The Morgan fingerprint density at radius 3 is 2.03 bits per heavy atom. The number of hydrogen-bond acceptors (Lipinski definition) is 4. The minimum atomic E-state index is -0.0814. The van der Waals surface area contributed by atoms with Gasteiger partial charge in [-0.3, -0.25) is 4.79 Å². The molecular weight excluding hydrogens is 364 g/mol. The van der Waals surface area contributed by atoms with Gasteiger partial charge in [0.2, 0.25) is 0 Å². The predicted octanol–water partition coefficient (Wildman–Crippen LogP) is 5.44. The van der Waals surface area contributed by atoms with Crippen LogP contribution in [0.2, 0.25) is 0 Å². The van der Waals surface area contributed by atoms with Crippen LogP contribution in [0.4, 0.5) is 0 Å². The van der Waals surface area contributed by atoms with E-state index in [0.717, 1.165) is 28.0 Å². The van der Waals surface area contributed by atoms with Crippen LogP contribution in [0.15, 0.2) is 54.6 Å². The Morgan fingerprint density at radius 2 is 1.45 bits per heavy atom. The second-order valence-electron chi connectivity index (χ2n) is 7.03. The third-order valence-corrected chi connectivity index (χ3v) is 4.97. The predicted molar refractivity (Wildman–Crippen MR) is 114 cm³/mol. The summed E-state index contributed by atoms with van der Waals surface area (Å²) in [6.07, 6.45) is 0. The van der Waals surface area contributed by atoms with Gasteiger partial charge >= 0.3 is 0 Å². The van der Waals surface area contributed by atoms with Crippen LogP contribution >= 0.6 is 0 Å². The van der Waals surface area contributed by atoms with Crippen molar-refractivity contribution in [1.29, 1.82) is 0 Å². The minimum absolute atomic E-state index is 0.0814. The summed E-state index contributed by atoms with van der Waals surface area (Å²) in [5, 5.41) is 0. The van der Waals surface area contributed by atoms with Crippen molar-refractivity contribution in [3.63, 3.8) is 0 Å². The minimum Gasteiger partial charge on any atom is -0.497 e. The molecule has 0 fully saturated rings. The van der Waals surface area contributed by atoms with Gasteiger partial charge in [0.05, 0.1) is 19.8 Å². The monoisotopic (exact) mass is 390 g/mol. The Hall–Kier alpha value is -3.27. The summed E-state index contributed by atoms with van der Waals surface area (Å²) in [5.74, 6) is 1.66. The number of ether oxygens (including phenoxy) is 3. The summed E-state index contributed by atoms with van der Waals surface area (Å²) in [5.41, 5.74) is 4.77. The normalized spacial score (nSPS) is 10.5. The summed E-state index contributed by atoms with van der Waals surface area (Å²) in [6, 6.07) is 17.3. The van der Waals surface area contributed by atoms with Crippen molar-refractivity contribution in [1.82, 2.24) is 0 Å². The van der Waals surface area contributed by atoms with Crippen LogP contribution in [-0.2, 0) is 6.61 Å². The zero-order valence-electron chi connectivity index (χ0n) is 17.5. The van der Waals surface area contributed by atoms with Crippen molar-refractivity contribution < 1.29 is 19.0 Å². The zero-order chi connectivity index (χ0) is 21.0.